The summed E-state index contributed by atoms with van der Waals surface area (Å²) >= 11 is 6.85. The van der Waals surface area contributed by atoms with Crippen LogP contribution in [0.15, 0.2) is 27.1 Å². The molecule has 2 aromatic heterocycles. The zero-order chi connectivity index (χ0) is 12.8. The van der Waals surface area contributed by atoms with Crippen LogP contribution in [0.2, 0.25) is 4.34 Å². The van der Waals surface area contributed by atoms with E-state index in [0.717, 1.165) is 22.7 Å². The van der Waals surface area contributed by atoms with Gasteiger partial charge >= 0.3 is 0 Å². The fourth-order valence-electron chi connectivity index (χ4n) is 1.88. The van der Waals surface area contributed by atoms with E-state index in [1.807, 2.05) is 0 Å². The monoisotopic (exact) mass is 304 g/mol. The average Bonchev–Trinajstić information content (AvgIpc) is 2.96. The summed E-state index contributed by atoms with van der Waals surface area (Å²) in [6.45, 7) is 0.705. The molecular weight excluding hydrogens is 296 g/mol. The number of sulfonamides is 1. The second-order valence-electron chi connectivity index (χ2n) is 3.92. The molecular formula is C10H9ClN2O3S2. The SMILES string of the molecule is O=S(=O)(c1ccc(Cl)s1)N1CCc2oncc2C1. The molecule has 18 heavy (non-hydrogen) atoms. The smallest absolute Gasteiger partial charge is 0.252 e. The van der Waals surface area contributed by atoms with E-state index in [1.54, 1.807) is 12.3 Å². The van der Waals surface area contributed by atoms with Crippen molar-refractivity contribution in [2.24, 2.45) is 0 Å². The number of hydrogen-bond acceptors (Lipinski definition) is 5. The Morgan fingerprint density at radius 1 is 1.44 bits per heavy atom. The molecule has 0 amide bonds. The van der Waals surface area contributed by atoms with Crippen LogP contribution in [0, 0.1) is 0 Å². The van der Waals surface area contributed by atoms with E-state index in [1.165, 1.54) is 10.4 Å². The molecule has 0 saturated heterocycles. The van der Waals surface area contributed by atoms with E-state index in [2.05, 4.69) is 5.16 Å². The van der Waals surface area contributed by atoms with Crippen LogP contribution in [0.25, 0.3) is 0 Å². The van der Waals surface area contributed by atoms with Crippen LogP contribution in [0.4, 0.5) is 0 Å². The maximum Gasteiger partial charge on any atom is 0.252 e. The minimum atomic E-state index is -3.46. The first-order valence-corrected chi connectivity index (χ1v) is 7.89. The Balaban J connectivity index is 1.92. The van der Waals surface area contributed by atoms with E-state index in [4.69, 9.17) is 16.1 Å². The molecule has 0 fully saturated rings. The molecule has 0 spiro atoms. The average molecular weight is 305 g/mol. The van der Waals surface area contributed by atoms with Crippen molar-refractivity contribution in [3.05, 3.63) is 34.0 Å². The summed E-state index contributed by atoms with van der Waals surface area (Å²) in [5, 5.41) is 3.68. The molecule has 5 nitrogen and oxygen atoms in total. The van der Waals surface area contributed by atoms with E-state index in [9.17, 15) is 8.42 Å². The van der Waals surface area contributed by atoms with Crippen molar-refractivity contribution in [2.75, 3.05) is 6.54 Å². The molecule has 0 aliphatic carbocycles. The lowest BCUT2D eigenvalue weighted by Crippen LogP contribution is -2.35. The number of hydrogen-bond donors (Lipinski definition) is 0. The van der Waals surface area contributed by atoms with Crippen LogP contribution in [-0.2, 0) is 23.0 Å². The number of thiophene rings is 1. The standard InChI is InChI=1S/C10H9ClN2O3S2/c11-9-1-2-10(17-9)18(14,15)13-4-3-8-7(6-13)5-12-16-8/h1-2,5H,3-4,6H2. The Bertz CT molecular complexity index is 677. The number of fused-ring (bicyclic) bond motifs is 1. The molecule has 0 saturated carbocycles. The molecule has 3 heterocycles. The lowest BCUT2D eigenvalue weighted by Gasteiger charge is -2.24. The van der Waals surface area contributed by atoms with Gasteiger partial charge in [-0.05, 0) is 12.1 Å². The molecule has 3 rings (SSSR count). The van der Waals surface area contributed by atoms with Crippen molar-refractivity contribution < 1.29 is 12.9 Å². The molecule has 0 N–H and O–H groups in total. The van der Waals surface area contributed by atoms with Crippen LogP contribution in [-0.4, -0.2) is 24.4 Å². The molecule has 8 heteroatoms. The molecule has 0 atom stereocenters. The Morgan fingerprint density at radius 3 is 3.00 bits per heavy atom. The maximum absolute atomic E-state index is 12.4. The zero-order valence-corrected chi connectivity index (χ0v) is 11.6. The van der Waals surface area contributed by atoms with Gasteiger partial charge in [0.05, 0.1) is 10.5 Å². The van der Waals surface area contributed by atoms with Crippen LogP contribution in [0.1, 0.15) is 11.3 Å². The summed E-state index contributed by atoms with van der Waals surface area (Å²) in [4.78, 5) is 0. The summed E-state index contributed by atoms with van der Waals surface area (Å²) in [6, 6.07) is 3.12. The first-order valence-electron chi connectivity index (χ1n) is 5.25. The minimum absolute atomic E-state index is 0.271. The topological polar surface area (TPSA) is 63.4 Å². The highest BCUT2D eigenvalue weighted by atomic mass is 35.5. The first-order chi connectivity index (χ1) is 8.57. The third kappa shape index (κ3) is 1.97. The lowest BCUT2D eigenvalue weighted by atomic mass is 10.1. The molecule has 0 aromatic carbocycles. The molecule has 1 aliphatic rings. The molecule has 96 valence electrons. The van der Waals surface area contributed by atoms with Crippen LogP contribution in [0.5, 0.6) is 0 Å². The fraction of sp³-hybridized carbons (Fsp3) is 0.300. The van der Waals surface area contributed by atoms with Crippen molar-refractivity contribution in [1.29, 1.82) is 0 Å². The number of rotatable bonds is 2. The van der Waals surface area contributed by atoms with Gasteiger partial charge < -0.3 is 4.52 Å². The van der Waals surface area contributed by atoms with Crippen LogP contribution in [0.3, 0.4) is 0 Å². The van der Waals surface area contributed by atoms with Gasteiger partial charge in [0.25, 0.3) is 10.0 Å². The maximum atomic E-state index is 12.4. The number of aromatic nitrogens is 1. The zero-order valence-electron chi connectivity index (χ0n) is 9.17. The van der Waals surface area contributed by atoms with Crippen LogP contribution >= 0.6 is 22.9 Å². The molecule has 1 aliphatic heterocycles. The third-order valence-corrected chi connectivity index (χ3v) is 6.35. The first kappa shape index (κ1) is 12.2. The molecule has 0 bridgehead atoms. The molecule has 0 unspecified atom stereocenters. The fourth-order valence-corrected chi connectivity index (χ4v) is 4.94. The van der Waals surface area contributed by atoms with E-state index >= 15 is 0 Å². The second-order valence-corrected chi connectivity index (χ2v) is 7.80. The number of nitrogens with zero attached hydrogens (tertiary/aromatic N) is 2. The predicted octanol–water partition coefficient (Wildman–Crippen LogP) is 2.14. The lowest BCUT2D eigenvalue weighted by molar-refractivity contribution is 0.331. The van der Waals surface area contributed by atoms with Gasteiger partial charge in [0, 0.05) is 25.1 Å². The second kappa shape index (κ2) is 4.34. The highest BCUT2D eigenvalue weighted by Crippen LogP contribution is 2.30. The molecule has 2 aromatic rings. The predicted molar refractivity (Wildman–Crippen MR) is 67.1 cm³/mol. The number of halogens is 1. The summed E-state index contributed by atoms with van der Waals surface area (Å²) in [5.41, 5.74) is 0.826. The summed E-state index contributed by atoms with van der Waals surface area (Å²) in [7, 11) is -3.46. The van der Waals surface area contributed by atoms with Crippen molar-refractivity contribution in [3.63, 3.8) is 0 Å². The van der Waals surface area contributed by atoms with Crippen molar-refractivity contribution in [2.45, 2.75) is 17.2 Å². The Morgan fingerprint density at radius 2 is 2.28 bits per heavy atom. The summed E-state index contributed by atoms with van der Waals surface area (Å²) < 4.78 is 31.9. The summed E-state index contributed by atoms with van der Waals surface area (Å²) in [6.07, 6.45) is 2.12. The van der Waals surface area contributed by atoms with Gasteiger partial charge in [-0.3, -0.25) is 0 Å². The quantitative estimate of drug-likeness (QED) is 0.852. The van der Waals surface area contributed by atoms with Gasteiger partial charge in [-0.2, -0.15) is 4.31 Å². The normalized spacial score (nSPS) is 16.7. The van der Waals surface area contributed by atoms with E-state index in [-0.39, 0.29) is 4.21 Å². The van der Waals surface area contributed by atoms with E-state index < -0.39 is 10.0 Å². The highest BCUT2D eigenvalue weighted by molar-refractivity contribution is 7.91. The Hall–Kier alpha value is -0.890. The van der Waals surface area contributed by atoms with Crippen molar-refractivity contribution in [3.8, 4) is 0 Å². The third-order valence-electron chi connectivity index (χ3n) is 2.81. The Kier molecular flexibility index (Phi) is 2.93. The van der Waals surface area contributed by atoms with Gasteiger partial charge in [0.2, 0.25) is 0 Å². The Labute approximate surface area is 113 Å². The largest absolute Gasteiger partial charge is 0.361 e. The van der Waals surface area contributed by atoms with E-state index in [0.29, 0.717) is 23.8 Å². The van der Waals surface area contributed by atoms with Crippen molar-refractivity contribution >= 4 is 33.0 Å². The highest BCUT2D eigenvalue weighted by Gasteiger charge is 2.31. The molecule has 0 radical (unpaired) electrons. The van der Waals surface area contributed by atoms with Crippen LogP contribution < -0.4 is 0 Å². The van der Waals surface area contributed by atoms with Gasteiger partial charge in [0.15, 0.2) is 0 Å². The van der Waals surface area contributed by atoms with Crippen molar-refractivity contribution in [1.82, 2.24) is 9.46 Å². The minimum Gasteiger partial charge on any atom is -0.361 e. The van der Waals surface area contributed by atoms with Gasteiger partial charge in [-0.1, -0.05) is 16.8 Å². The summed E-state index contributed by atoms with van der Waals surface area (Å²) in [5.74, 6) is 0.769. The van der Waals surface area contributed by atoms with Gasteiger partial charge in [0.1, 0.15) is 9.97 Å². The van der Waals surface area contributed by atoms with Gasteiger partial charge in [-0.25, -0.2) is 8.42 Å². The van der Waals surface area contributed by atoms with Gasteiger partial charge in [-0.15, -0.1) is 11.3 Å².